The Kier molecular flexibility index (Phi) is 3.80. The maximum atomic E-state index is 11.4. The summed E-state index contributed by atoms with van der Waals surface area (Å²) in [4.78, 5) is 12.7. The van der Waals surface area contributed by atoms with Gasteiger partial charge in [-0.05, 0) is 25.1 Å². The maximum Gasteiger partial charge on any atom is 0.414 e. The van der Waals surface area contributed by atoms with E-state index < -0.39 is 6.09 Å². The van der Waals surface area contributed by atoms with Gasteiger partial charge >= 0.3 is 6.09 Å². The van der Waals surface area contributed by atoms with E-state index in [1.165, 1.54) is 4.90 Å². The van der Waals surface area contributed by atoms with Gasteiger partial charge in [0, 0.05) is 12.1 Å². The van der Waals surface area contributed by atoms with Gasteiger partial charge in [0.2, 0.25) is 0 Å². The number of hydrogen-bond acceptors (Lipinski definition) is 3. The Balaban J connectivity index is 2.91. The van der Waals surface area contributed by atoms with Crippen LogP contribution in [0.1, 0.15) is 6.92 Å². The number of nitrogens with two attached hydrogens (primary N) is 1. The molecule has 4 nitrogen and oxygen atoms in total. The number of rotatable bonds is 2. The second-order valence-corrected chi connectivity index (χ2v) is 3.40. The molecule has 5 heteroatoms. The Morgan fingerprint density at radius 2 is 2.27 bits per heavy atom. The van der Waals surface area contributed by atoms with E-state index in [4.69, 9.17) is 22.1 Å². The SMILES string of the molecule is CCOC(=O)N(C)c1ccc(Cl)cc1N. The quantitative estimate of drug-likeness (QED) is 0.792. The number of hydrogen-bond donors (Lipinski definition) is 1. The summed E-state index contributed by atoms with van der Waals surface area (Å²) in [5, 5.41) is 0.536. The zero-order valence-electron chi connectivity index (χ0n) is 8.66. The molecule has 0 spiro atoms. The third kappa shape index (κ3) is 2.76. The average molecular weight is 229 g/mol. The van der Waals surface area contributed by atoms with E-state index in [0.29, 0.717) is 23.0 Å². The summed E-state index contributed by atoms with van der Waals surface area (Å²) >= 11 is 5.75. The van der Waals surface area contributed by atoms with Crippen LogP contribution in [-0.4, -0.2) is 19.7 Å². The molecule has 0 bridgehead atoms. The normalized spacial score (nSPS) is 9.80. The Hall–Kier alpha value is -1.42. The van der Waals surface area contributed by atoms with Crippen molar-refractivity contribution in [2.24, 2.45) is 0 Å². The fraction of sp³-hybridized carbons (Fsp3) is 0.300. The molecule has 0 heterocycles. The number of nitrogens with zero attached hydrogens (tertiary/aromatic N) is 1. The van der Waals surface area contributed by atoms with Gasteiger partial charge < -0.3 is 10.5 Å². The molecule has 15 heavy (non-hydrogen) atoms. The largest absolute Gasteiger partial charge is 0.449 e. The van der Waals surface area contributed by atoms with E-state index in [1.54, 1.807) is 32.2 Å². The van der Waals surface area contributed by atoms with E-state index in [9.17, 15) is 4.79 Å². The summed E-state index contributed by atoms with van der Waals surface area (Å²) in [6.07, 6.45) is -0.438. The highest BCUT2D eigenvalue weighted by atomic mass is 35.5. The van der Waals surface area contributed by atoms with Crippen LogP contribution < -0.4 is 10.6 Å². The zero-order valence-corrected chi connectivity index (χ0v) is 9.41. The zero-order chi connectivity index (χ0) is 11.4. The van der Waals surface area contributed by atoms with Crippen molar-refractivity contribution in [3.05, 3.63) is 23.2 Å². The van der Waals surface area contributed by atoms with Gasteiger partial charge in [-0.15, -0.1) is 0 Å². The standard InChI is InChI=1S/C10H13ClN2O2/c1-3-15-10(14)13(2)9-5-4-7(11)6-8(9)12/h4-6H,3,12H2,1-2H3. The Labute approximate surface area is 93.6 Å². The van der Waals surface area contributed by atoms with Gasteiger partial charge in [0.1, 0.15) is 0 Å². The van der Waals surface area contributed by atoms with Crippen molar-refractivity contribution in [3.8, 4) is 0 Å². The van der Waals surface area contributed by atoms with Gasteiger partial charge in [-0.3, -0.25) is 4.90 Å². The fourth-order valence-corrected chi connectivity index (χ4v) is 1.33. The molecule has 1 aromatic carbocycles. The molecule has 0 aromatic heterocycles. The molecule has 0 aliphatic carbocycles. The van der Waals surface area contributed by atoms with Gasteiger partial charge in [0.15, 0.2) is 0 Å². The van der Waals surface area contributed by atoms with Gasteiger partial charge in [0.05, 0.1) is 18.0 Å². The van der Waals surface area contributed by atoms with Crippen LogP contribution in [0, 0.1) is 0 Å². The summed E-state index contributed by atoms with van der Waals surface area (Å²) in [5.41, 5.74) is 6.75. The summed E-state index contributed by atoms with van der Waals surface area (Å²) in [5.74, 6) is 0. The van der Waals surface area contributed by atoms with Gasteiger partial charge in [-0.1, -0.05) is 11.6 Å². The van der Waals surface area contributed by atoms with Crippen LogP contribution in [0.25, 0.3) is 0 Å². The number of carbonyl (C=O) groups is 1. The van der Waals surface area contributed by atoms with Gasteiger partial charge in [-0.25, -0.2) is 4.79 Å². The highest BCUT2D eigenvalue weighted by molar-refractivity contribution is 6.31. The lowest BCUT2D eigenvalue weighted by Crippen LogP contribution is -2.27. The summed E-state index contributed by atoms with van der Waals surface area (Å²) in [6, 6.07) is 4.93. The van der Waals surface area contributed by atoms with Crippen molar-refractivity contribution in [3.63, 3.8) is 0 Å². The number of amides is 1. The van der Waals surface area contributed by atoms with E-state index >= 15 is 0 Å². The van der Waals surface area contributed by atoms with Crippen molar-refractivity contribution in [2.75, 3.05) is 24.3 Å². The fourth-order valence-electron chi connectivity index (χ4n) is 1.15. The topological polar surface area (TPSA) is 55.6 Å². The van der Waals surface area contributed by atoms with Crippen LogP contribution in [-0.2, 0) is 4.74 Å². The van der Waals surface area contributed by atoms with Crippen LogP contribution >= 0.6 is 11.6 Å². The maximum absolute atomic E-state index is 11.4. The van der Waals surface area contributed by atoms with E-state index in [2.05, 4.69) is 0 Å². The van der Waals surface area contributed by atoms with Crippen molar-refractivity contribution in [1.82, 2.24) is 0 Å². The minimum Gasteiger partial charge on any atom is -0.449 e. The number of ether oxygens (including phenoxy) is 1. The van der Waals surface area contributed by atoms with E-state index in [1.807, 2.05) is 0 Å². The highest BCUT2D eigenvalue weighted by Gasteiger charge is 2.13. The molecule has 1 aromatic rings. The second-order valence-electron chi connectivity index (χ2n) is 2.96. The first kappa shape index (κ1) is 11.7. The molecular weight excluding hydrogens is 216 g/mol. The van der Waals surface area contributed by atoms with Crippen LogP contribution in [0.4, 0.5) is 16.2 Å². The predicted molar refractivity (Wildman–Crippen MR) is 61.3 cm³/mol. The smallest absolute Gasteiger partial charge is 0.414 e. The lowest BCUT2D eigenvalue weighted by Gasteiger charge is -2.18. The molecule has 2 N–H and O–H groups in total. The second kappa shape index (κ2) is 4.89. The first-order valence-electron chi connectivity index (χ1n) is 4.51. The molecule has 0 fully saturated rings. The summed E-state index contributed by atoms with van der Waals surface area (Å²) in [7, 11) is 1.59. The predicted octanol–water partition coefficient (Wildman–Crippen LogP) is 2.51. The summed E-state index contributed by atoms with van der Waals surface area (Å²) < 4.78 is 4.84. The van der Waals surface area contributed by atoms with Crippen molar-refractivity contribution < 1.29 is 9.53 Å². The number of anilines is 2. The molecule has 0 aliphatic rings. The Bertz CT molecular complexity index is 368. The van der Waals surface area contributed by atoms with Crippen molar-refractivity contribution in [2.45, 2.75) is 6.92 Å². The minimum absolute atomic E-state index is 0.330. The van der Waals surface area contributed by atoms with Crippen LogP contribution in [0.5, 0.6) is 0 Å². The molecular formula is C10H13ClN2O2. The number of carbonyl (C=O) groups excluding carboxylic acids is 1. The molecule has 1 rings (SSSR count). The van der Waals surface area contributed by atoms with Crippen molar-refractivity contribution >= 4 is 29.1 Å². The lowest BCUT2D eigenvalue weighted by atomic mass is 10.2. The third-order valence-electron chi connectivity index (χ3n) is 1.89. The molecule has 0 saturated heterocycles. The van der Waals surface area contributed by atoms with E-state index in [-0.39, 0.29) is 0 Å². The Morgan fingerprint density at radius 3 is 2.80 bits per heavy atom. The third-order valence-corrected chi connectivity index (χ3v) is 2.13. The lowest BCUT2D eigenvalue weighted by molar-refractivity contribution is 0.161. The Morgan fingerprint density at radius 1 is 1.60 bits per heavy atom. The van der Waals surface area contributed by atoms with Crippen LogP contribution in [0.15, 0.2) is 18.2 Å². The number of halogens is 1. The monoisotopic (exact) mass is 228 g/mol. The van der Waals surface area contributed by atoms with E-state index in [0.717, 1.165) is 0 Å². The molecule has 0 aliphatic heterocycles. The van der Waals surface area contributed by atoms with Gasteiger partial charge in [0.25, 0.3) is 0 Å². The molecule has 0 atom stereocenters. The molecule has 0 saturated carbocycles. The first-order valence-corrected chi connectivity index (χ1v) is 4.89. The number of benzene rings is 1. The minimum atomic E-state index is -0.438. The average Bonchev–Trinajstić information content (AvgIpc) is 2.17. The molecule has 82 valence electrons. The highest BCUT2D eigenvalue weighted by Crippen LogP contribution is 2.25. The molecule has 0 radical (unpaired) electrons. The number of nitrogen functional groups attached to an aromatic ring is 1. The van der Waals surface area contributed by atoms with Crippen LogP contribution in [0.2, 0.25) is 5.02 Å². The molecule has 0 unspecified atom stereocenters. The summed E-state index contributed by atoms with van der Waals surface area (Å²) in [6.45, 7) is 2.08. The molecule has 1 amide bonds. The van der Waals surface area contributed by atoms with Crippen LogP contribution in [0.3, 0.4) is 0 Å². The van der Waals surface area contributed by atoms with Gasteiger partial charge in [-0.2, -0.15) is 0 Å². The van der Waals surface area contributed by atoms with Crippen molar-refractivity contribution in [1.29, 1.82) is 0 Å². The first-order chi connectivity index (χ1) is 7.06.